The van der Waals surface area contributed by atoms with Crippen molar-refractivity contribution in [3.8, 4) is 11.1 Å². The highest BCUT2D eigenvalue weighted by molar-refractivity contribution is 7.17. The Balaban J connectivity index is 1.21. The van der Waals surface area contributed by atoms with Gasteiger partial charge in [-0.2, -0.15) is 0 Å². The molecule has 1 saturated heterocycles. The van der Waals surface area contributed by atoms with E-state index in [4.69, 9.17) is 4.74 Å². The quantitative estimate of drug-likeness (QED) is 0.536. The number of thiazole rings is 1. The third-order valence-corrected chi connectivity index (χ3v) is 8.05. The summed E-state index contributed by atoms with van der Waals surface area (Å²) in [5, 5.41) is 12.4. The number of nitrogens with one attached hydrogen (secondary N) is 1. The Bertz CT molecular complexity index is 1280. The summed E-state index contributed by atoms with van der Waals surface area (Å²) in [6.07, 6.45) is 0.751. The van der Waals surface area contributed by atoms with Gasteiger partial charge < -0.3 is 14.7 Å². The van der Waals surface area contributed by atoms with E-state index in [1.807, 2.05) is 31.2 Å². The summed E-state index contributed by atoms with van der Waals surface area (Å²) in [7, 11) is 0. The fourth-order valence-corrected chi connectivity index (χ4v) is 5.66. The first-order valence-electron chi connectivity index (χ1n) is 11.4. The zero-order valence-corrected chi connectivity index (χ0v) is 20.2. The molecule has 1 aliphatic carbocycles. The van der Waals surface area contributed by atoms with Crippen LogP contribution in [0, 0.1) is 11.3 Å². The van der Waals surface area contributed by atoms with Gasteiger partial charge in [-0.05, 0) is 35.1 Å². The molecule has 180 valence electrons. The van der Waals surface area contributed by atoms with Gasteiger partial charge in [-0.15, -0.1) is 0 Å². The number of carboxylic acid groups (broad SMARTS) is 1. The summed E-state index contributed by atoms with van der Waals surface area (Å²) < 4.78 is 5.54. The minimum absolute atomic E-state index is 0.0534. The lowest BCUT2D eigenvalue weighted by Gasteiger charge is -2.22. The van der Waals surface area contributed by atoms with Crippen LogP contribution in [0.2, 0.25) is 0 Å². The van der Waals surface area contributed by atoms with Gasteiger partial charge in [0.05, 0.1) is 11.6 Å². The second-order valence-corrected chi connectivity index (χ2v) is 10.3. The Morgan fingerprint density at radius 1 is 1.14 bits per heavy atom. The molecule has 2 amide bonds. The monoisotopic (exact) mass is 491 g/mol. The summed E-state index contributed by atoms with van der Waals surface area (Å²) in [6, 6.07) is 16.2. The minimum Gasteiger partial charge on any atom is -0.481 e. The third kappa shape index (κ3) is 4.05. The molecule has 9 heteroatoms. The van der Waals surface area contributed by atoms with Crippen molar-refractivity contribution >= 4 is 34.4 Å². The van der Waals surface area contributed by atoms with E-state index in [1.54, 1.807) is 6.92 Å². The number of hydrogen-bond acceptors (Lipinski definition) is 6. The number of aromatic nitrogens is 1. The van der Waals surface area contributed by atoms with Gasteiger partial charge in [-0.3, -0.25) is 14.9 Å². The molecular formula is C26H25N3O5S. The molecule has 0 spiro atoms. The molecule has 0 unspecified atom stereocenters. The van der Waals surface area contributed by atoms with Crippen LogP contribution in [0.1, 0.15) is 40.6 Å². The SMILES string of the molecule is C[C@@H]1CN(C(=O)c2cnc(NC(=O)OCC3c4ccccc4-c4ccccc43)s2)C[C@@]1(C)C(=O)O. The van der Waals surface area contributed by atoms with Gasteiger partial charge in [0, 0.05) is 19.0 Å². The van der Waals surface area contributed by atoms with Crippen molar-refractivity contribution in [1.82, 2.24) is 9.88 Å². The van der Waals surface area contributed by atoms with Crippen LogP contribution < -0.4 is 5.32 Å². The van der Waals surface area contributed by atoms with E-state index in [1.165, 1.54) is 11.1 Å². The van der Waals surface area contributed by atoms with Crippen molar-refractivity contribution < 1.29 is 24.2 Å². The molecule has 2 heterocycles. The molecule has 1 aromatic heterocycles. The van der Waals surface area contributed by atoms with Crippen LogP contribution in [-0.4, -0.2) is 52.7 Å². The van der Waals surface area contributed by atoms with Crippen LogP contribution in [-0.2, 0) is 9.53 Å². The Morgan fingerprint density at radius 2 is 1.77 bits per heavy atom. The molecule has 0 saturated carbocycles. The first-order chi connectivity index (χ1) is 16.8. The number of hydrogen-bond donors (Lipinski definition) is 2. The van der Waals surface area contributed by atoms with Crippen LogP contribution in [0.5, 0.6) is 0 Å². The molecule has 1 fully saturated rings. The Hall–Kier alpha value is -3.72. The first kappa shape index (κ1) is 23.0. The average molecular weight is 492 g/mol. The van der Waals surface area contributed by atoms with Gasteiger partial charge in [0.2, 0.25) is 0 Å². The predicted molar refractivity (Wildman–Crippen MR) is 132 cm³/mol. The summed E-state index contributed by atoms with van der Waals surface area (Å²) in [5.41, 5.74) is 3.56. The van der Waals surface area contributed by atoms with E-state index in [0.29, 0.717) is 11.4 Å². The molecule has 0 bridgehead atoms. The number of carbonyl (C=O) groups excluding carboxylic acids is 2. The lowest BCUT2D eigenvalue weighted by Crippen LogP contribution is -2.36. The lowest BCUT2D eigenvalue weighted by atomic mass is 9.81. The van der Waals surface area contributed by atoms with Crippen LogP contribution in [0.4, 0.5) is 9.93 Å². The summed E-state index contributed by atoms with van der Waals surface area (Å²) >= 11 is 1.04. The molecule has 0 radical (unpaired) electrons. The van der Waals surface area contributed by atoms with Gasteiger partial charge in [0.15, 0.2) is 5.13 Å². The number of anilines is 1. The standard InChI is InChI=1S/C26H25N3O5S/c1-15-12-29(14-26(15,2)23(31)32)22(30)21-11-27-24(35-21)28-25(33)34-13-20-18-9-5-3-7-16(18)17-8-4-6-10-19(17)20/h3-11,15,20H,12-14H2,1-2H3,(H,31,32)(H,27,28,33)/t15-,26-/m1/s1. The van der Waals surface area contributed by atoms with E-state index in [2.05, 4.69) is 34.6 Å². The maximum atomic E-state index is 12.9. The van der Waals surface area contributed by atoms with Gasteiger partial charge in [-0.25, -0.2) is 9.78 Å². The normalized spacial score (nSPS) is 20.9. The average Bonchev–Trinajstić information content (AvgIpc) is 3.52. The second kappa shape index (κ2) is 8.81. The maximum absolute atomic E-state index is 12.9. The predicted octanol–water partition coefficient (Wildman–Crippen LogP) is 4.69. The van der Waals surface area contributed by atoms with Crippen molar-refractivity contribution in [2.75, 3.05) is 25.0 Å². The molecule has 3 aromatic rings. The van der Waals surface area contributed by atoms with E-state index in [-0.39, 0.29) is 36.0 Å². The van der Waals surface area contributed by atoms with Crippen molar-refractivity contribution in [2.24, 2.45) is 11.3 Å². The third-order valence-electron chi connectivity index (χ3n) is 7.15. The van der Waals surface area contributed by atoms with Gasteiger partial charge in [-0.1, -0.05) is 66.8 Å². The highest BCUT2D eigenvalue weighted by Crippen LogP contribution is 2.44. The molecule has 8 nitrogen and oxygen atoms in total. The van der Waals surface area contributed by atoms with Crippen LogP contribution in [0.15, 0.2) is 54.7 Å². The Morgan fingerprint density at radius 3 is 2.37 bits per heavy atom. The van der Waals surface area contributed by atoms with Crippen LogP contribution >= 0.6 is 11.3 Å². The van der Waals surface area contributed by atoms with Crippen molar-refractivity contribution in [3.63, 3.8) is 0 Å². The first-order valence-corrected chi connectivity index (χ1v) is 12.2. The number of ether oxygens (including phenoxy) is 1. The van der Waals surface area contributed by atoms with Gasteiger partial charge >= 0.3 is 12.1 Å². The number of carboxylic acids is 1. The Labute approximate surface area is 206 Å². The van der Waals surface area contributed by atoms with Crippen molar-refractivity contribution in [3.05, 3.63) is 70.7 Å². The zero-order valence-electron chi connectivity index (χ0n) is 19.4. The van der Waals surface area contributed by atoms with E-state index in [9.17, 15) is 19.5 Å². The number of likely N-dealkylation sites (tertiary alicyclic amines) is 1. The maximum Gasteiger partial charge on any atom is 0.413 e. The van der Waals surface area contributed by atoms with Crippen molar-refractivity contribution in [1.29, 1.82) is 0 Å². The molecule has 1 aliphatic heterocycles. The number of carbonyl (C=O) groups is 3. The second-order valence-electron chi connectivity index (χ2n) is 9.29. The smallest absolute Gasteiger partial charge is 0.413 e. The largest absolute Gasteiger partial charge is 0.481 e. The highest BCUT2D eigenvalue weighted by atomic mass is 32.1. The zero-order chi connectivity index (χ0) is 24.7. The lowest BCUT2D eigenvalue weighted by molar-refractivity contribution is -0.148. The number of amides is 2. The fraction of sp³-hybridized carbons (Fsp3) is 0.308. The Kier molecular flexibility index (Phi) is 5.80. The van der Waals surface area contributed by atoms with Crippen LogP contribution in [0.25, 0.3) is 11.1 Å². The summed E-state index contributed by atoms with van der Waals surface area (Å²) in [4.78, 5) is 43.0. The molecule has 2 N–H and O–H groups in total. The molecule has 35 heavy (non-hydrogen) atoms. The number of benzene rings is 2. The molecular weight excluding hydrogens is 466 g/mol. The molecule has 2 aliphatic rings. The summed E-state index contributed by atoms with van der Waals surface area (Å²) in [5.74, 6) is -1.43. The minimum atomic E-state index is -0.983. The topological polar surface area (TPSA) is 109 Å². The highest BCUT2D eigenvalue weighted by Gasteiger charge is 2.48. The van der Waals surface area contributed by atoms with Gasteiger partial charge in [0.1, 0.15) is 11.5 Å². The number of fused-ring (bicyclic) bond motifs is 3. The summed E-state index contributed by atoms with van der Waals surface area (Å²) in [6.45, 7) is 4.16. The molecule has 2 atom stereocenters. The van der Waals surface area contributed by atoms with E-state index in [0.717, 1.165) is 33.6 Å². The molecule has 2 aromatic carbocycles. The molecule has 5 rings (SSSR count). The number of aliphatic carboxylic acids is 1. The van der Waals surface area contributed by atoms with Crippen molar-refractivity contribution in [2.45, 2.75) is 19.8 Å². The van der Waals surface area contributed by atoms with E-state index < -0.39 is 17.5 Å². The van der Waals surface area contributed by atoms with Gasteiger partial charge in [0.25, 0.3) is 5.91 Å². The number of rotatable bonds is 5. The fourth-order valence-electron chi connectivity index (χ4n) is 4.89. The van der Waals surface area contributed by atoms with E-state index >= 15 is 0 Å². The number of nitrogens with zero attached hydrogens (tertiary/aromatic N) is 2. The van der Waals surface area contributed by atoms with Crippen LogP contribution in [0.3, 0.4) is 0 Å².